The van der Waals surface area contributed by atoms with Crippen LogP contribution in [-0.2, 0) is 28.6 Å². The minimum atomic E-state index is -0.781. The van der Waals surface area contributed by atoms with Gasteiger partial charge in [-0.25, -0.2) is 0 Å². The van der Waals surface area contributed by atoms with E-state index >= 15 is 0 Å². The summed E-state index contributed by atoms with van der Waals surface area (Å²) < 4.78 is 16.6. The maximum atomic E-state index is 12.7. The molecule has 0 N–H and O–H groups in total. The van der Waals surface area contributed by atoms with Crippen LogP contribution in [-0.4, -0.2) is 37.2 Å². The Hall–Kier alpha value is -2.89. The Kier molecular flexibility index (Phi) is 41.5. The topological polar surface area (TPSA) is 78.9 Å². The highest BCUT2D eigenvalue weighted by atomic mass is 16.6. The van der Waals surface area contributed by atoms with Crippen molar-refractivity contribution in [3.8, 4) is 0 Å². The van der Waals surface area contributed by atoms with E-state index in [0.29, 0.717) is 19.3 Å². The molecule has 0 amide bonds. The molecule has 1 unspecified atom stereocenters. The lowest BCUT2D eigenvalue weighted by atomic mass is 10.1. The average molecular weight is 769 g/mol. The van der Waals surface area contributed by atoms with Gasteiger partial charge in [0.05, 0.1) is 0 Å². The molecular weight excluding hydrogens is 685 g/mol. The monoisotopic (exact) mass is 769 g/mol. The van der Waals surface area contributed by atoms with E-state index in [4.69, 9.17) is 14.2 Å². The van der Waals surface area contributed by atoms with Gasteiger partial charge in [0.2, 0.25) is 0 Å². The maximum absolute atomic E-state index is 12.7. The largest absolute Gasteiger partial charge is 0.462 e. The molecule has 0 saturated heterocycles. The van der Waals surface area contributed by atoms with Crippen molar-refractivity contribution in [2.24, 2.45) is 0 Å². The van der Waals surface area contributed by atoms with Crippen molar-refractivity contribution in [3.63, 3.8) is 0 Å². The van der Waals surface area contributed by atoms with E-state index in [9.17, 15) is 14.4 Å². The molecule has 316 valence electrons. The molecule has 0 saturated carbocycles. The third kappa shape index (κ3) is 42.1. The Balaban J connectivity index is 4.26. The van der Waals surface area contributed by atoms with E-state index < -0.39 is 6.10 Å². The number of rotatable bonds is 40. The van der Waals surface area contributed by atoms with E-state index in [2.05, 4.69) is 81.5 Å². The quantitative estimate of drug-likeness (QED) is 0.0267. The zero-order valence-corrected chi connectivity index (χ0v) is 35.9. The Morgan fingerprint density at radius 2 is 0.709 bits per heavy atom. The highest BCUT2D eigenvalue weighted by Gasteiger charge is 2.19. The highest BCUT2D eigenvalue weighted by Crippen LogP contribution is 2.13. The van der Waals surface area contributed by atoms with Gasteiger partial charge in [-0.15, -0.1) is 0 Å². The normalized spacial score (nSPS) is 12.6. The van der Waals surface area contributed by atoms with Gasteiger partial charge in [0.1, 0.15) is 13.2 Å². The van der Waals surface area contributed by atoms with Crippen LogP contribution in [0.15, 0.2) is 60.8 Å². The molecule has 0 rings (SSSR count). The van der Waals surface area contributed by atoms with Crippen LogP contribution in [0, 0.1) is 0 Å². The molecule has 6 heteroatoms. The third-order valence-electron chi connectivity index (χ3n) is 9.51. The lowest BCUT2D eigenvalue weighted by molar-refractivity contribution is -0.167. The van der Waals surface area contributed by atoms with Gasteiger partial charge in [-0.3, -0.25) is 14.4 Å². The van der Waals surface area contributed by atoms with Crippen molar-refractivity contribution in [2.75, 3.05) is 13.2 Å². The fourth-order valence-electron chi connectivity index (χ4n) is 6.07. The first-order chi connectivity index (χ1) is 27.0. The van der Waals surface area contributed by atoms with Gasteiger partial charge >= 0.3 is 17.9 Å². The first-order valence-corrected chi connectivity index (χ1v) is 22.8. The number of hydrogen-bond acceptors (Lipinski definition) is 6. The molecule has 0 aromatic carbocycles. The lowest BCUT2D eigenvalue weighted by Gasteiger charge is -2.18. The summed E-state index contributed by atoms with van der Waals surface area (Å²) in [6.45, 7) is 6.38. The predicted molar refractivity (Wildman–Crippen MR) is 233 cm³/mol. The molecule has 0 aromatic heterocycles. The summed E-state index contributed by atoms with van der Waals surface area (Å²) in [6.07, 6.45) is 52.3. The number of esters is 3. The summed E-state index contributed by atoms with van der Waals surface area (Å²) in [4.78, 5) is 37.5. The minimum absolute atomic E-state index is 0.0853. The minimum Gasteiger partial charge on any atom is -0.462 e. The van der Waals surface area contributed by atoms with Crippen molar-refractivity contribution in [3.05, 3.63) is 60.8 Å². The van der Waals surface area contributed by atoms with Crippen molar-refractivity contribution < 1.29 is 28.6 Å². The van der Waals surface area contributed by atoms with E-state index in [1.807, 2.05) is 0 Å². The summed E-state index contributed by atoms with van der Waals surface area (Å²) in [5, 5.41) is 0. The second-order valence-electron chi connectivity index (χ2n) is 14.9. The molecule has 0 spiro atoms. The Bertz CT molecular complexity index is 1020. The molecule has 0 fully saturated rings. The Morgan fingerprint density at radius 1 is 0.382 bits per heavy atom. The number of carbonyl (C=O) groups excluding carboxylic acids is 3. The standard InChI is InChI=1S/C49H84O6/c1-4-7-10-13-15-17-19-21-23-24-26-27-29-31-33-36-39-42-48(51)54-45-46(44-53-47(50)41-38-35-12-9-6-3)55-49(52)43-40-37-34-32-30-28-25-22-20-18-16-14-11-8-5-2/h8,11,15-18,21-23,25,46H,4-7,9-10,12-14,19-20,24,26-45H2,1-3H3/b11-8-,17-15-,18-16-,23-21-,25-22-. The molecule has 0 aliphatic carbocycles. The smallest absolute Gasteiger partial charge is 0.306 e. The van der Waals surface area contributed by atoms with Gasteiger partial charge in [-0.2, -0.15) is 0 Å². The van der Waals surface area contributed by atoms with Crippen LogP contribution in [0.2, 0.25) is 0 Å². The SMILES string of the molecule is CC/C=C\C/C=C\C/C=C\CCCCCCCC(=O)OC(COC(=O)CCCCCCC)COC(=O)CCCCCCCCC/C=C\C/C=C\CCCCC. The molecule has 55 heavy (non-hydrogen) atoms. The van der Waals surface area contributed by atoms with Gasteiger partial charge in [-0.05, 0) is 83.5 Å². The molecular formula is C49H84O6. The molecule has 0 aliphatic rings. The Morgan fingerprint density at radius 3 is 1.15 bits per heavy atom. The van der Waals surface area contributed by atoms with Crippen LogP contribution in [0.25, 0.3) is 0 Å². The summed E-state index contributed by atoms with van der Waals surface area (Å²) in [5.41, 5.74) is 0. The van der Waals surface area contributed by atoms with Gasteiger partial charge in [-0.1, -0.05) is 171 Å². The average Bonchev–Trinajstić information content (AvgIpc) is 3.18. The lowest BCUT2D eigenvalue weighted by Crippen LogP contribution is -2.30. The van der Waals surface area contributed by atoms with Crippen molar-refractivity contribution >= 4 is 17.9 Å². The first-order valence-electron chi connectivity index (χ1n) is 22.8. The molecule has 6 nitrogen and oxygen atoms in total. The van der Waals surface area contributed by atoms with Crippen molar-refractivity contribution in [1.29, 1.82) is 0 Å². The molecule has 0 heterocycles. The zero-order chi connectivity index (χ0) is 40.1. The highest BCUT2D eigenvalue weighted by molar-refractivity contribution is 5.71. The van der Waals surface area contributed by atoms with Gasteiger partial charge in [0.15, 0.2) is 6.10 Å². The van der Waals surface area contributed by atoms with Gasteiger partial charge < -0.3 is 14.2 Å². The summed E-state index contributed by atoms with van der Waals surface area (Å²) in [7, 11) is 0. The predicted octanol–water partition coefficient (Wildman–Crippen LogP) is 14.5. The maximum Gasteiger partial charge on any atom is 0.306 e. The molecule has 0 bridgehead atoms. The van der Waals surface area contributed by atoms with Crippen LogP contribution in [0.4, 0.5) is 0 Å². The van der Waals surface area contributed by atoms with Crippen molar-refractivity contribution in [1.82, 2.24) is 0 Å². The van der Waals surface area contributed by atoms with Gasteiger partial charge in [0, 0.05) is 19.3 Å². The third-order valence-corrected chi connectivity index (χ3v) is 9.51. The van der Waals surface area contributed by atoms with Gasteiger partial charge in [0.25, 0.3) is 0 Å². The van der Waals surface area contributed by atoms with E-state index in [1.54, 1.807) is 0 Å². The second-order valence-corrected chi connectivity index (χ2v) is 14.9. The van der Waals surface area contributed by atoms with Crippen LogP contribution >= 0.6 is 0 Å². The summed E-state index contributed by atoms with van der Waals surface area (Å²) >= 11 is 0. The Labute approximate surface area is 339 Å². The number of unbranched alkanes of at least 4 members (excludes halogenated alkanes) is 19. The molecule has 1 atom stereocenters. The fourth-order valence-corrected chi connectivity index (χ4v) is 6.07. The fraction of sp³-hybridized carbons (Fsp3) is 0.735. The van der Waals surface area contributed by atoms with Crippen LogP contribution in [0.1, 0.15) is 213 Å². The van der Waals surface area contributed by atoms with Crippen LogP contribution in [0.3, 0.4) is 0 Å². The van der Waals surface area contributed by atoms with E-state index in [1.165, 1.54) is 57.8 Å². The first kappa shape index (κ1) is 52.1. The zero-order valence-electron chi connectivity index (χ0n) is 35.9. The number of allylic oxidation sites excluding steroid dienone is 10. The molecule has 0 aliphatic heterocycles. The number of ether oxygens (including phenoxy) is 3. The van der Waals surface area contributed by atoms with Crippen molar-refractivity contribution in [2.45, 2.75) is 219 Å². The molecule has 0 aromatic rings. The van der Waals surface area contributed by atoms with E-state index in [-0.39, 0.29) is 31.1 Å². The molecule has 0 radical (unpaired) electrons. The number of carbonyl (C=O) groups is 3. The second kappa shape index (κ2) is 43.8. The van der Waals surface area contributed by atoms with Crippen LogP contribution in [0.5, 0.6) is 0 Å². The summed E-state index contributed by atoms with van der Waals surface area (Å²) in [6, 6.07) is 0. The van der Waals surface area contributed by atoms with Crippen LogP contribution < -0.4 is 0 Å². The summed E-state index contributed by atoms with van der Waals surface area (Å²) in [5.74, 6) is -0.927. The van der Waals surface area contributed by atoms with E-state index in [0.717, 1.165) is 116 Å². The number of hydrogen-bond donors (Lipinski definition) is 0.